The van der Waals surface area contributed by atoms with Crippen LogP contribution in [-0.2, 0) is 4.79 Å². The number of anilines is 1. The van der Waals surface area contributed by atoms with Crippen LogP contribution < -0.4 is 15.4 Å². The van der Waals surface area contributed by atoms with E-state index in [1.807, 2.05) is 18.2 Å². The Morgan fingerprint density at radius 3 is 2.73 bits per heavy atom. The van der Waals surface area contributed by atoms with Gasteiger partial charge in [0, 0.05) is 23.9 Å². The summed E-state index contributed by atoms with van der Waals surface area (Å²) >= 11 is 0. The summed E-state index contributed by atoms with van der Waals surface area (Å²) in [6.07, 6.45) is 6.31. The summed E-state index contributed by atoms with van der Waals surface area (Å²) in [7, 11) is 1.65. The van der Waals surface area contributed by atoms with Crippen LogP contribution in [0.15, 0.2) is 54.6 Å². The van der Waals surface area contributed by atoms with Gasteiger partial charge in [0.15, 0.2) is 0 Å². The van der Waals surface area contributed by atoms with Crippen molar-refractivity contribution >= 4 is 23.2 Å². The van der Waals surface area contributed by atoms with Gasteiger partial charge in [0.25, 0.3) is 0 Å². The number of amides is 1. The Bertz CT molecular complexity index is 842. The maximum Gasteiger partial charge on any atom is 0.248 e. The number of carbonyl (C=O) groups is 1. The van der Waals surface area contributed by atoms with E-state index in [4.69, 9.17) is 4.74 Å². The van der Waals surface area contributed by atoms with Crippen molar-refractivity contribution in [2.75, 3.05) is 25.5 Å². The number of hydrogen-bond donors (Lipinski definition) is 2. The third kappa shape index (κ3) is 4.58. The quantitative estimate of drug-likeness (QED) is 0.804. The molecule has 26 heavy (non-hydrogen) atoms. The number of methoxy groups -OCH3 is 1. The van der Waals surface area contributed by atoms with E-state index in [2.05, 4.69) is 16.7 Å². The zero-order valence-electron chi connectivity index (χ0n) is 14.6. The molecule has 2 N–H and O–H groups in total. The van der Waals surface area contributed by atoms with Crippen molar-refractivity contribution in [3.63, 3.8) is 0 Å². The van der Waals surface area contributed by atoms with Gasteiger partial charge in [-0.25, -0.2) is 4.39 Å². The molecule has 0 bridgehead atoms. The number of carbonyl (C=O) groups excluding carboxylic acids is 1. The van der Waals surface area contributed by atoms with Gasteiger partial charge in [-0.05, 0) is 60.5 Å². The highest BCUT2D eigenvalue weighted by Crippen LogP contribution is 2.30. The topological polar surface area (TPSA) is 50.4 Å². The summed E-state index contributed by atoms with van der Waals surface area (Å²) in [4.78, 5) is 12.0. The van der Waals surface area contributed by atoms with Crippen LogP contribution in [0, 0.1) is 5.82 Å². The van der Waals surface area contributed by atoms with Crippen LogP contribution in [0.5, 0.6) is 5.75 Å². The second kappa shape index (κ2) is 8.45. The van der Waals surface area contributed by atoms with E-state index in [0.29, 0.717) is 5.69 Å². The fourth-order valence-corrected chi connectivity index (χ4v) is 2.83. The SMILES string of the molecule is COc1cc(/C=C/C(=O)Nc2ccc(F)cc2)ccc1C1=CCNCC1. The van der Waals surface area contributed by atoms with Gasteiger partial charge in [-0.2, -0.15) is 0 Å². The molecule has 3 rings (SSSR count). The molecule has 0 fully saturated rings. The highest BCUT2D eigenvalue weighted by Gasteiger charge is 2.11. The normalized spacial score (nSPS) is 14.2. The molecule has 5 heteroatoms. The summed E-state index contributed by atoms with van der Waals surface area (Å²) < 4.78 is 18.4. The van der Waals surface area contributed by atoms with E-state index >= 15 is 0 Å². The molecule has 134 valence electrons. The summed E-state index contributed by atoms with van der Waals surface area (Å²) in [6, 6.07) is 11.5. The largest absolute Gasteiger partial charge is 0.496 e. The Labute approximate surface area is 152 Å². The zero-order valence-corrected chi connectivity index (χ0v) is 14.6. The lowest BCUT2D eigenvalue weighted by molar-refractivity contribution is -0.111. The summed E-state index contributed by atoms with van der Waals surface area (Å²) in [5.41, 5.74) is 3.77. The second-order valence-corrected chi connectivity index (χ2v) is 5.97. The predicted molar refractivity (Wildman–Crippen MR) is 103 cm³/mol. The van der Waals surface area contributed by atoms with Gasteiger partial charge in [-0.3, -0.25) is 4.79 Å². The number of ether oxygens (including phenoxy) is 1. The summed E-state index contributed by atoms with van der Waals surface area (Å²) in [5.74, 6) is 0.176. The fourth-order valence-electron chi connectivity index (χ4n) is 2.83. The van der Waals surface area contributed by atoms with E-state index in [0.717, 1.165) is 36.4 Å². The van der Waals surface area contributed by atoms with Gasteiger partial charge < -0.3 is 15.4 Å². The first-order valence-electron chi connectivity index (χ1n) is 8.48. The van der Waals surface area contributed by atoms with Crippen LogP contribution in [0.25, 0.3) is 11.6 Å². The lowest BCUT2D eigenvalue weighted by atomic mass is 9.98. The number of benzene rings is 2. The van der Waals surface area contributed by atoms with Gasteiger partial charge in [0.1, 0.15) is 11.6 Å². The molecule has 1 aliphatic heterocycles. The molecular formula is C21H21FN2O2. The van der Waals surface area contributed by atoms with Crippen molar-refractivity contribution in [1.82, 2.24) is 5.32 Å². The van der Waals surface area contributed by atoms with Crippen molar-refractivity contribution in [2.45, 2.75) is 6.42 Å². The van der Waals surface area contributed by atoms with E-state index < -0.39 is 0 Å². The molecule has 0 unspecified atom stereocenters. The molecule has 0 atom stereocenters. The monoisotopic (exact) mass is 352 g/mol. The molecule has 0 aliphatic carbocycles. The molecule has 0 aromatic heterocycles. The van der Waals surface area contributed by atoms with Gasteiger partial charge in [-0.15, -0.1) is 0 Å². The highest BCUT2D eigenvalue weighted by molar-refractivity contribution is 6.01. The number of halogens is 1. The molecule has 2 aromatic rings. The minimum absolute atomic E-state index is 0.277. The molecule has 0 radical (unpaired) electrons. The first-order valence-corrected chi connectivity index (χ1v) is 8.48. The smallest absolute Gasteiger partial charge is 0.248 e. The predicted octanol–water partition coefficient (Wildman–Crippen LogP) is 3.86. The molecule has 1 aliphatic rings. The maximum absolute atomic E-state index is 12.9. The fraction of sp³-hybridized carbons (Fsp3) is 0.190. The highest BCUT2D eigenvalue weighted by atomic mass is 19.1. The van der Waals surface area contributed by atoms with Gasteiger partial charge >= 0.3 is 0 Å². The van der Waals surface area contributed by atoms with Crippen LogP contribution in [0.1, 0.15) is 17.5 Å². The minimum Gasteiger partial charge on any atom is -0.496 e. The Hall–Kier alpha value is -2.92. The Morgan fingerprint density at radius 1 is 1.23 bits per heavy atom. The van der Waals surface area contributed by atoms with Crippen LogP contribution in [-0.4, -0.2) is 26.1 Å². The van der Waals surface area contributed by atoms with Crippen LogP contribution in [0.3, 0.4) is 0 Å². The van der Waals surface area contributed by atoms with Crippen molar-refractivity contribution in [2.24, 2.45) is 0 Å². The lowest BCUT2D eigenvalue weighted by Gasteiger charge is -2.17. The average molecular weight is 352 g/mol. The average Bonchev–Trinajstić information content (AvgIpc) is 2.68. The summed E-state index contributed by atoms with van der Waals surface area (Å²) in [6.45, 7) is 1.82. The molecule has 1 heterocycles. The molecule has 0 spiro atoms. The minimum atomic E-state index is -0.338. The van der Waals surface area contributed by atoms with E-state index in [-0.39, 0.29) is 11.7 Å². The third-order valence-corrected chi connectivity index (χ3v) is 4.17. The van der Waals surface area contributed by atoms with Gasteiger partial charge in [0.2, 0.25) is 5.91 Å². The summed E-state index contributed by atoms with van der Waals surface area (Å²) in [5, 5.41) is 5.99. The van der Waals surface area contributed by atoms with E-state index in [1.54, 1.807) is 13.2 Å². The van der Waals surface area contributed by atoms with Crippen molar-refractivity contribution in [3.05, 3.63) is 71.6 Å². The lowest BCUT2D eigenvalue weighted by Crippen LogP contribution is -2.20. The third-order valence-electron chi connectivity index (χ3n) is 4.17. The molecule has 2 aromatic carbocycles. The zero-order chi connectivity index (χ0) is 18.4. The van der Waals surface area contributed by atoms with Crippen molar-refractivity contribution in [1.29, 1.82) is 0 Å². The van der Waals surface area contributed by atoms with Crippen molar-refractivity contribution in [3.8, 4) is 5.75 Å². The standard InChI is InChI=1S/C21H21FN2O2/c1-26-20-14-15(2-8-19(20)16-10-12-23-13-11-16)3-9-21(25)24-18-6-4-17(22)5-7-18/h2-10,14,23H,11-13H2,1H3,(H,24,25)/b9-3+. The van der Waals surface area contributed by atoms with Crippen LogP contribution in [0.2, 0.25) is 0 Å². The second-order valence-electron chi connectivity index (χ2n) is 5.97. The van der Waals surface area contributed by atoms with Crippen LogP contribution >= 0.6 is 0 Å². The Balaban J connectivity index is 1.70. The number of rotatable bonds is 5. The number of hydrogen-bond acceptors (Lipinski definition) is 3. The van der Waals surface area contributed by atoms with E-state index in [9.17, 15) is 9.18 Å². The first kappa shape index (κ1) is 17.9. The first-order chi connectivity index (χ1) is 12.7. The van der Waals surface area contributed by atoms with Crippen molar-refractivity contribution < 1.29 is 13.9 Å². The molecule has 1 amide bonds. The Kier molecular flexibility index (Phi) is 5.81. The number of nitrogens with one attached hydrogen (secondary N) is 2. The maximum atomic E-state index is 12.9. The van der Waals surface area contributed by atoms with Gasteiger partial charge in [0.05, 0.1) is 7.11 Å². The van der Waals surface area contributed by atoms with Gasteiger partial charge in [-0.1, -0.05) is 18.2 Å². The van der Waals surface area contributed by atoms with E-state index in [1.165, 1.54) is 35.9 Å². The Morgan fingerprint density at radius 2 is 2.04 bits per heavy atom. The molecule has 4 nitrogen and oxygen atoms in total. The van der Waals surface area contributed by atoms with Crippen LogP contribution in [0.4, 0.5) is 10.1 Å². The molecular weight excluding hydrogens is 331 g/mol. The molecule has 0 saturated carbocycles. The molecule has 0 saturated heterocycles.